The summed E-state index contributed by atoms with van der Waals surface area (Å²) >= 11 is 0. The lowest BCUT2D eigenvalue weighted by Crippen LogP contribution is -2.66. The van der Waals surface area contributed by atoms with Crippen LogP contribution in [0.15, 0.2) is 48.1 Å². The average Bonchev–Trinajstić information content (AvgIpc) is 2.63. The molecule has 0 spiro atoms. The Kier molecular flexibility index (Phi) is 6.68. The molecule has 2 rings (SSSR count). The van der Waals surface area contributed by atoms with E-state index < -0.39 is 40.4 Å². The maximum absolute atomic E-state index is 12.4. The molecule has 0 aromatic heterocycles. The smallest absolute Gasteiger partial charge is 0.341 e. The number of carbonyl (C=O) groups is 3. The predicted molar refractivity (Wildman–Crippen MR) is 109 cm³/mol. The normalized spacial score (nSPS) is 34.2. The Balaban J connectivity index is 2.47. The molecule has 2 aliphatic rings. The number of fused-ring (bicyclic) bond motifs is 1. The van der Waals surface area contributed by atoms with E-state index in [-0.39, 0.29) is 5.57 Å². The lowest BCUT2D eigenvalue weighted by molar-refractivity contribution is -0.202. The molecule has 158 valence electrons. The highest BCUT2D eigenvalue weighted by atomic mass is 16.5. The summed E-state index contributed by atoms with van der Waals surface area (Å²) in [6.45, 7) is 7.52. The summed E-state index contributed by atoms with van der Waals surface area (Å²) in [5.74, 6) is -2.52. The summed E-state index contributed by atoms with van der Waals surface area (Å²) in [5.41, 5.74) is -4.16. The second-order valence-corrected chi connectivity index (χ2v) is 8.66. The SMILES string of the molecule is C/C=C/C=C/C=C/C(=O)O[C@H]1C=C(C=O)[C@](O)(C(=O)O)[C@@]2(C)CCCC(C)(C)[C@H]12. The zero-order valence-electron chi connectivity index (χ0n) is 17.4. The summed E-state index contributed by atoms with van der Waals surface area (Å²) in [6, 6.07) is 0. The van der Waals surface area contributed by atoms with E-state index >= 15 is 0 Å². The fraction of sp³-hybridized carbons (Fsp3) is 0.522. The van der Waals surface area contributed by atoms with Crippen LogP contribution in [-0.2, 0) is 19.1 Å². The molecule has 0 heterocycles. The van der Waals surface area contributed by atoms with Crippen LogP contribution in [0.5, 0.6) is 0 Å². The summed E-state index contributed by atoms with van der Waals surface area (Å²) < 4.78 is 5.66. The van der Waals surface area contributed by atoms with Gasteiger partial charge in [0.2, 0.25) is 0 Å². The highest BCUT2D eigenvalue weighted by Crippen LogP contribution is 2.61. The first-order valence-electron chi connectivity index (χ1n) is 9.84. The van der Waals surface area contributed by atoms with Crippen LogP contribution in [0.25, 0.3) is 0 Å². The van der Waals surface area contributed by atoms with Gasteiger partial charge in [0.25, 0.3) is 0 Å². The van der Waals surface area contributed by atoms with Crippen LogP contribution in [0, 0.1) is 16.7 Å². The van der Waals surface area contributed by atoms with Gasteiger partial charge in [-0.2, -0.15) is 0 Å². The van der Waals surface area contributed by atoms with E-state index in [2.05, 4.69) is 0 Å². The van der Waals surface area contributed by atoms with Crippen molar-refractivity contribution in [2.24, 2.45) is 16.7 Å². The van der Waals surface area contributed by atoms with Gasteiger partial charge >= 0.3 is 11.9 Å². The molecule has 6 nitrogen and oxygen atoms in total. The third kappa shape index (κ3) is 3.99. The van der Waals surface area contributed by atoms with Crippen molar-refractivity contribution in [1.29, 1.82) is 0 Å². The van der Waals surface area contributed by atoms with Gasteiger partial charge in [-0.3, -0.25) is 4.79 Å². The van der Waals surface area contributed by atoms with Gasteiger partial charge in [0.05, 0.1) is 0 Å². The van der Waals surface area contributed by atoms with Crippen molar-refractivity contribution < 1.29 is 29.3 Å². The van der Waals surface area contributed by atoms with Crippen molar-refractivity contribution in [3.05, 3.63) is 48.1 Å². The van der Waals surface area contributed by atoms with E-state index in [1.807, 2.05) is 32.9 Å². The van der Waals surface area contributed by atoms with Gasteiger partial charge in [0, 0.05) is 23.0 Å². The van der Waals surface area contributed by atoms with Gasteiger partial charge in [-0.05, 0) is 31.3 Å². The number of carboxylic acid groups (broad SMARTS) is 1. The monoisotopic (exact) mass is 402 g/mol. The first-order chi connectivity index (χ1) is 13.5. The Bertz CT molecular complexity index is 787. The number of aliphatic hydroxyl groups is 1. The van der Waals surface area contributed by atoms with E-state index in [0.717, 1.165) is 6.42 Å². The molecule has 1 fully saturated rings. The van der Waals surface area contributed by atoms with Crippen molar-refractivity contribution >= 4 is 18.2 Å². The Morgan fingerprint density at radius 3 is 2.38 bits per heavy atom. The molecule has 2 N–H and O–H groups in total. The highest BCUT2D eigenvalue weighted by Gasteiger charge is 2.67. The first-order valence-corrected chi connectivity index (χ1v) is 9.84. The van der Waals surface area contributed by atoms with Crippen LogP contribution in [0.2, 0.25) is 0 Å². The zero-order chi connectivity index (χ0) is 21.9. The molecule has 2 aliphatic carbocycles. The van der Waals surface area contributed by atoms with Crippen molar-refractivity contribution in [3.63, 3.8) is 0 Å². The average molecular weight is 402 g/mol. The fourth-order valence-corrected chi connectivity index (χ4v) is 5.16. The van der Waals surface area contributed by atoms with Crippen LogP contribution in [-0.4, -0.2) is 40.1 Å². The Morgan fingerprint density at radius 1 is 1.14 bits per heavy atom. The van der Waals surface area contributed by atoms with E-state index in [1.54, 1.807) is 25.2 Å². The summed E-state index contributed by atoms with van der Waals surface area (Å²) in [5, 5.41) is 21.0. The van der Waals surface area contributed by atoms with Crippen molar-refractivity contribution in [2.45, 2.75) is 58.7 Å². The minimum atomic E-state index is -2.33. The lowest BCUT2D eigenvalue weighted by atomic mass is 9.46. The van der Waals surface area contributed by atoms with Crippen LogP contribution in [0.1, 0.15) is 47.0 Å². The van der Waals surface area contributed by atoms with Crippen LogP contribution in [0.4, 0.5) is 0 Å². The Hall–Kier alpha value is -2.47. The molecule has 1 saturated carbocycles. The fourth-order valence-electron chi connectivity index (χ4n) is 5.16. The van der Waals surface area contributed by atoms with Crippen molar-refractivity contribution in [3.8, 4) is 0 Å². The largest absolute Gasteiger partial charge is 0.479 e. The molecule has 0 bridgehead atoms. The topological polar surface area (TPSA) is 101 Å². The zero-order valence-corrected chi connectivity index (χ0v) is 17.4. The molecular formula is C23H30O6. The number of rotatable bonds is 6. The predicted octanol–water partition coefficient (Wildman–Crippen LogP) is 3.37. The van der Waals surface area contributed by atoms with E-state index in [0.29, 0.717) is 19.1 Å². The molecule has 0 aliphatic heterocycles. The summed E-state index contributed by atoms with van der Waals surface area (Å²) in [6.07, 6.45) is 12.7. The van der Waals surface area contributed by atoms with Gasteiger partial charge in [-0.1, -0.05) is 57.6 Å². The number of aliphatic carboxylic acids is 1. The third-order valence-electron chi connectivity index (χ3n) is 6.41. The van der Waals surface area contributed by atoms with Gasteiger partial charge in [0.1, 0.15) is 12.4 Å². The van der Waals surface area contributed by atoms with E-state index in [4.69, 9.17) is 4.74 Å². The molecule has 0 amide bonds. The van der Waals surface area contributed by atoms with Crippen LogP contribution < -0.4 is 0 Å². The minimum absolute atomic E-state index is 0.267. The van der Waals surface area contributed by atoms with E-state index in [9.17, 15) is 24.6 Å². The Morgan fingerprint density at radius 2 is 1.79 bits per heavy atom. The number of esters is 1. The number of carboxylic acids is 1. The number of ether oxygens (including phenoxy) is 1. The van der Waals surface area contributed by atoms with Gasteiger partial charge in [-0.15, -0.1) is 0 Å². The molecule has 6 heteroatoms. The van der Waals surface area contributed by atoms with Gasteiger partial charge < -0.3 is 14.9 Å². The number of carbonyl (C=O) groups excluding carboxylic acids is 2. The maximum atomic E-state index is 12.4. The molecule has 0 aromatic rings. The van der Waals surface area contributed by atoms with Gasteiger partial charge in [0.15, 0.2) is 5.60 Å². The molecule has 0 radical (unpaired) electrons. The minimum Gasteiger partial charge on any atom is -0.479 e. The van der Waals surface area contributed by atoms with Crippen molar-refractivity contribution in [2.75, 3.05) is 0 Å². The quantitative estimate of drug-likeness (QED) is 0.306. The first kappa shape index (κ1) is 22.8. The third-order valence-corrected chi connectivity index (χ3v) is 6.41. The summed E-state index contributed by atoms with van der Waals surface area (Å²) in [7, 11) is 0. The standard InChI is InChI=1S/C23H30O6/c1-5-6-7-8-9-11-18(25)29-17-14-16(15-24)23(28,20(26)27)22(4)13-10-12-21(2,3)19(17)22/h5-9,11,14-15,17,19,28H,10,12-13H2,1-4H3,(H,26,27)/b6-5+,8-7+,11-9+/t17-,19-,22-,23-/m0/s1. The molecule has 0 unspecified atom stereocenters. The van der Waals surface area contributed by atoms with Crippen molar-refractivity contribution in [1.82, 2.24) is 0 Å². The lowest BCUT2D eigenvalue weighted by Gasteiger charge is -2.59. The molecular weight excluding hydrogens is 372 g/mol. The molecule has 0 aromatic carbocycles. The van der Waals surface area contributed by atoms with Gasteiger partial charge in [-0.25, -0.2) is 9.59 Å². The Labute approximate surface area is 171 Å². The molecule has 4 atom stereocenters. The number of allylic oxidation sites excluding steroid dienone is 5. The van der Waals surface area contributed by atoms with E-state index in [1.165, 1.54) is 12.2 Å². The second-order valence-electron chi connectivity index (χ2n) is 8.66. The number of hydrogen-bond acceptors (Lipinski definition) is 5. The maximum Gasteiger partial charge on any atom is 0.341 e. The molecule has 29 heavy (non-hydrogen) atoms. The number of aldehydes is 1. The highest BCUT2D eigenvalue weighted by molar-refractivity contribution is 5.94. The second kappa shape index (κ2) is 8.49. The van der Waals surface area contributed by atoms with Crippen LogP contribution in [0.3, 0.4) is 0 Å². The summed E-state index contributed by atoms with van der Waals surface area (Å²) in [4.78, 5) is 36.2. The molecule has 0 saturated heterocycles. The number of hydrogen-bond donors (Lipinski definition) is 2. The van der Waals surface area contributed by atoms with Crippen LogP contribution >= 0.6 is 0 Å².